The largest absolute Gasteiger partial charge is 0.378 e. The van der Waals surface area contributed by atoms with Crippen LogP contribution in [0.25, 0.3) is 0 Å². The van der Waals surface area contributed by atoms with Crippen molar-refractivity contribution in [2.45, 2.75) is 51.2 Å². The quantitative estimate of drug-likeness (QED) is 0.691. The van der Waals surface area contributed by atoms with E-state index < -0.39 is 0 Å². The molecule has 2 aliphatic heterocycles. The average Bonchev–Trinajstić information content (AvgIpc) is 2.89. The van der Waals surface area contributed by atoms with Gasteiger partial charge < -0.3 is 4.74 Å². The summed E-state index contributed by atoms with van der Waals surface area (Å²) in [5, 5.41) is 0. The Kier molecular flexibility index (Phi) is 4.93. The lowest BCUT2D eigenvalue weighted by atomic mass is 10.0. The fourth-order valence-electron chi connectivity index (χ4n) is 3.01. The Morgan fingerprint density at radius 2 is 2.25 bits per heavy atom. The van der Waals surface area contributed by atoms with Crippen molar-refractivity contribution in [1.29, 1.82) is 0 Å². The summed E-state index contributed by atoms with van der Waals surface area (Å²) in [5.74, 6) is 1.57. The number of ether oxygens (including phenoxy) is 1. The van der Waals surface area contributed by atoms with Crippen LogP contribution in [0.4, 0.5) is 0 Å². The first-order chi connectivity index (χ1) is 7.81. The summed E-state index contributed by atoms with van der Waals surface area (Å²) >= 11 is 6.04. The van der Waals surface area contributed by atoms with Gasteiger partial charge in [-0.15, -0.1) is 11.6 Å². The normalized spacial score (nSPS) is 36.0. The Balaban J connectivity index is 1.65. The molecule has 0 aromatic heterocycles. The maximum atomic E-state index is 6.04. The number of likely N-dealkylation sites (tertiary alicyclic amines) is 1. The lowest BCUT2D eigenvalue weighted by molar-refractivity contribution is 0.0981. The molecule has 0 aliphatic carbocycles. The molecule has 2 heterocycles. The van der Waals surface area contributed by atoms with Crippen molar-refractivity contribution < 1.29 is 4.74 Å². The van der Waals surface area contributed by atoms with Crippen LogP contribution in [0, 0.1) is 5.92 Å². The van der Waals surface area contributed by atoms with Crippen LogP contribution in [-0.4, -0.2) is 42.6 Å². The van der Waals surface area contributed by atoms with Crippen LogP contribution in [-0.2, 0) is 4.74 Å². The lowest BCUT2D eigenvalue weighted by Crippen LogP contribution is -2.34. The van der Waals surface area contributed by atoms with E-state index in [0.29, 0.717) is 12.1 Å². The predicted molar refractivity (Wildman–Crippen MR) is 68.1 cm³/mol. The smallest absolute Gasteiger partial charge is 0.0576 e. The molecule has 3 unspecified atom stereocenters. The first-order valence-electron chi connectivity index (χ1n) is 6.73. The van der Waals surface area contributed by atoms with E-state index in [1.165, 1.54) is 45.2 Å². The standard InChI is InChI=1S/C13H24ClNO/c1-11-6-8-15(13(11)10-14)7-2-4-12-5-3-9-16-12/h11-13H,2-10H2,1H3. The van der Waals surface area contributed by atoms with Gasteiger partial charge >= 0.3 is 0 Å². The number of hydrogen-bond acceptors (Lipinski definition) is 2. The molecule has 0 N–H and O–H groups in total. The van der Waals surface area contributed by atoms with E-state index in [1.54, 1.807) is 0 Å². The maximum absolute atomic E-state index is 6.04. The summed E-state index contributed by atoms with van der Waals surface area (Å²) in [6, 6.07) is 0.617. The lowest BCUT2D eigenvalue weighted by Gasteiger charge is -2.25. The summed E-state index contributed by atoms with van der Waals surface area (Å²) in [6.07, 6.45) is 6.90. The highest BCUT2D eigenvalue weighted by Gasteiger charge is 2.29. The fourth-order valence-corrected chi connectivity index (χ4v) is 3.51. The minimum atomic E-state index is 0.550. The van der Waals surface area contributed by atoms with Crippen molar-refractivity contribution in [3.63, 3.8) is 0 Å². The molecule has 2 nitrogen and oxygen atoms in total. The molecule has 2 fully saturated rings. The highest BCUT2D eigenvalue weighted by molar-refractivity contribution is 6.18. The zero-order chi connectivity index (χ0) is 11.4. The van der Waals surface area contributed by atoms with Gasteiger partial charge in [0.2, 0.25) is 0 Å². The second-order valence-corrected chi connectivity index (χ2v) is 5.61. The summed E-state index contributed by atoms with van der Waals surface area (Å²) in [6.45, 7) is 5.76. The van der Waals surface area contributed by atoms with Crippen LogP contribution in [0.15, 0.2) is 0 Å². The van der Waals surface area contributed by atoms with Gasteiger partial charge in [-0.25, -0.2) is 0 Å². The Morgan fingerprint density at radius 1 is 1.38 bits per heavy atom. The van der Waals surface area contributed by atoms with Crippen molar-refractivity contribution in [3.8, 4) is 0 Å². The first kappa shape index (κ1) is 12.7. The molecule has 0 radical (unpaired) electrons. The molecule has 2 saturated heterocycles. The molecule has 0 amide bonds. The van der Waals surface area contributed by atoms with E-state index in [-0.39, 0.29) is 0 Å². The third kappa shape index (κ3) is 3.12. The highest BCUT2D eigenvalue weighted by atomic mass is 35.5. The number of alkyl halides is 1. The van der Waals surface area contributed by atoms with Gasteiger partial charge in [-0.1, -0.05) is 6.92 Å². The molecule has 3 atom stereocenters. The molecule has 0 bridgehead atoms. The van der Waals surface area contributed by atoms with Crippen LogP contribution in [0.1, 0.15) is 39.0 Å². The third-order valence-electron chi connectivity index (χ3n) is 4.15. The highest BCUT2D eigenvalue weighted by Crippen LogP contribution is 2.25. The summed E-state index contributed by atoms with van der Waals surface area (Å²) in [7, 11) is 0. The Morgan fingerprint density at radius 3 is 2.94 bits per heavy atom. The fraction of sp³-hybridized carbons (Fsp3) is 1.00. The monoisotopic (exact) mass is 245 g/mol. The summed E-state index contributed by atoms with van der Waals surface area (Å²) in [5.41, 5.74) is 0. The Bertz CT molecular complexity index is 206. The predicted octanol–water partition coefficient (Wildman–Crippen LogP) is 2.89. The van der Waals surface area contributed by atoms with Gasteiger partial charge in [-0.2, -0.15) is 0 Å². The molecule has 0 spiro atoms. The second kappa shape index (κ2) is 6.23. The Hall–Kier alpha value is 0.210. The van der Waals surface area contributed by atoms with Gasteiger partial charge in [0.05, 0.1) is 6.10 Å². The zero-order valence-corrected chi connectivity index (χ0v) is 11.1. The van der Waals surface area contributed by atoms with Crippen molar-refractivity contribution >= 4 is 11.6 Å². The molecular weight excluding hydrogens is 222 g/mol. The maximum Gasteiger partial charge on any atom is 0.0576 e. The van der Waals surface area contributed by atoms with Gasteiger partial charge in [-0.3, -0.25) is 4.90 Å². The molecule has 16 heavy (non-hydrogen) atoms. The van der Waals surface area contributed by atoms with E-state index in [9.17, 15) is 0 Å². The zero-order valence-electron chi connectivity index (χ0n) is 10.3. The van der Waals surface area contributed by atoms with E-state index in [0.717, 1.165) is 18.4 Å². The molecule has 3 heteroatoms. The van der Waals surface area contributed by atoms with Crippen LogP contribution in [0.5, 0.6) is 0 Å². The van der Waals surface area contributed by atoms with Gasteiger partial charge in [0, 0.05) is 18.5 Å². The van der Waals surface area contributed by atoms with Gasteiger partial charge in [0.1, 0.15) is 0 Å². The van der Waals surface area contributed by atoms with E-state index in [1.807, 2.05) is 0 Å². The topological polar surface area (TPSA) is 12.5 Å². The van der Waals surface area contributed by atoms with E-state index in [4.69, 9.17) is 16.3 Å². The molecular formula is C13H24ClNO. The minimum Gasteiger partial charge on any atom is -0.378 e. The van der Waals surface area contributed by atoms with Crippen molar-refractivity contribution in [3.05, 3.63) is 0 Å². The molecule has 2 aliphatic rings. The third-order valence-corrected chi connectivity index (χ3v) is 4.47. The number of nitrogens with zero attached hydrogens (tertiary/aromatic N) is 1. The van der Waals surface area contributed by atoms with Crippen LogP contribution >= 0.6 is 11.6 Å². The van der Waals surface area contributed by atoms with Crippen LogP contribution < -0.4 is 0 Å². The van der Waals surface area contributed by atoms with Gasteiger partial charge in [-0.05, 0) is 51.1 Å². The van der Waals surface area contributed by atoms with Crippen molar-refractivity contribution in [2.75, 3.05) is 25.6 Å². The first-order valence-corrected chi connectivity index (χ1v) is 7.26. The van der Waals surface area contributed by atoms with Crippen LogP contribution in [0.3, 0.4) is 0 Å². The van der Waals surface area contributed by atoms with Crippen LogP contribution in [0.2, 0.25) is 0 Å². The SMILES string of the molecule is CC1CCN(CCCC2CCCO2)C1CCl. The molecule has 0 aromatic rings. The second-order valence-electron chi connectivity index (χ2n) is 5.30. The molecule has 0 saturated carbocycles. The van der Waals surface area contributed by atoms with Gasteiger partial charge in [0.15, 0.2) is 0 Å². The average molecular weight is 246 g/mol. The van der Waals surface area contributed by atoms with E-state index >= 15 is 0 Å². The number of hydrogen-bond donors (Lipinski definition) is 0. The van der Waals surface area contributed by atoms with Gasteiger partial charge in [0.25, 0.3) is 0 Å². The van der Waals surface area contributed by atoms with E-state index in [2.05, 4.69) is 11.8 Å². The summed E-state index contributed by atoms with van der Waals surface area (Å²) in [4.78, 5) is 2.58. The molecule has 94 valence electrons. The number of rotatable bonds is 5. The molecule has 0 aromatic carbocycles. The minimum absolute atomic E-state index is 0.550. The molecule has 2 rings (SSSR count). The number of halogens is 1. The Labute approximate surface area is 104 Å². The summed E-state index contributed by atoms with van der Waals surface area (Å²) < 4.78 is 5.65. The van der Waals surface area contributed by atoms with Crippen molar-refractivity contribution in [2.24, 2.45) is 5.92 Å². The van der Waals surface area contributed by atoms with Crippen molar-refractivity contribution in [1.82, 2.24) is 4.90 Å².